The molecule has 0 atom stereocenters. The van der Waals surface area contributed by atoms with Crippen LogP contribution in [-0.2, 0) is 14.9 Å². The third-order valence-corrected chi connectivity index (χ3v) is 6.47. The summed E-state index contributed by atoms with van der Waals surface area (Å²) in [5.41, 5.74) is 1.28. The predicted octanol–water partition coefficient (Wildman–Crippen LogP) is 1.91. The van der Waals surface area contributed by atoms with Gasteiger partial charge in [0.05, 0.1) is 11.7 Å². The first kappa shape index (κ1) is 17.6. The number of anilines is 1. The third kappa shape index (κ3) is 4.25. The number of hydrogen-bond donors (Lipinski definition) is 2. The Labute approximate surface area is 148 Å². The van der Waals surface area contributed by atoms with Gasteiger partial charge in [0.25, 0.3) is 0 Å². The Morgan fingerprint density at radius 3 is 2.64 bits per heavy atom. The molecule has 0 radical (unpaired) electrons. The van der Waals surface area contributed by atoms with Gasteiger partial charge < -0.3 is 9.64 Å². The van der Waals surface area contributed by atoms with Crippen LogP contribution in [0.2, 0.25) is 0 Å². The van der Waals surface area contributed by atoms with Gasteiger partial charge in [0.15, 0.2) is 0 Å². The maximum absolute atomic E-state index is 12.9. The molecule has 3 rings (SSSR count). The number of nitrogens with zero attached hydrogens (tertiary/aromatic N) is 3. The molecule has 1 fully saturated rings. The van der Waals surface area contributed by atoms with E-state index in [0.717, 1.165) is 16.6 Å². The molecular weight excluding hydrogens is 340 g/mol. The Morgan fingerprint density at radius 1 is 1.24 bits per heavy atom. The van der Waals surface area contributed by atoms with Crippen molar-refractivity contribution in [2.45, 2.75) is 26.4 Å². The van der Waals surface area contributed by atoms with E-state index in [4.69, 9.17) is 4.74 Å². The van der Waals surface area contributed by atoms with Crippen molar-refractivity contribution in [1.29, 1.82) is 0 Å². The number of ether oxygens (including phenoxy) is 1. The van der Waals surface area contributed by atoms with Crippen molar-refractivity contribution in [1.82, 2.24) is 14.9 Å². The largest absolute Gasteiger partial charge is 0.443 e. The molecule has 0 bridgehead atoms. The molecule has 0 aliphatic carbocycles. The van der Waals surface area contributed by atoms with Gasteiger partial charge in [-0.15, -0.1) is 0 Å². The SMILES string of the molecule is CC(C)(C)OC(=O)N[SH]1(=O)CCN(c2cccc3nnccc23)CC1. The molecule has 1 aromatic carbocycles. The van der Waals surface area contributed by atoms with Crippen LogP contribution >= 0.6 is 0 Å². The Balaban J connectivity index is 1.69. The van der Waals surface area contributed by atoms with Crippen LogP contribution in [0.25, 0.3) is 10.9 Å². The molecular formula is C17H24N4O3S. The molecule has 1 N–H and O–H groups in total. The highest BCUT2D eigenvalue weighted by Gasteiger charge is 2.28. The van der Waals surface area contributed by atoms with Crippen LogP contribution < -0.4 is 9.62 Å². The number of fused-ring (bicyclic) bond motifs is 1. The second-order valence-electron chi connectivity index (χ2n) is 7.18. The molecule has 1 aliphatic rings. The zero-order valence-electron chi connectivity index (χ0n) is 14.7. The summed E-state index contributed by atoms with van der Waals surface area (Å²) in [7, 11) is -2.77. The number of hydrogen-bond acceptors (Lipinski definition) is 6. The maximum atomic E-state index is 12.9. The fraction of sp³-hybridized carbons (Fsp3) is 0.471. The van der Waals surface area contributed by atoms with E-state index in [0.29, 0.717) is 24.6 Å². The zero-order chi connectivity index (χ0) is 18.1. The Kier molecular flexibility index (Phi) is 4.64. The highest BCUT2D eigenvalue weighted by atomic mass is 32.3. The Hall–Kier alpha value is -2.22. The van der Waals surface area contributed by atoms with Crippen LogP contribution in [0.1, 0.15) is 20.8 Å². The number of benzene rings is 1. The summed E-state index contributed by atoms with van der Waals surface area (Å²) in [6.45, 7) is 6.57. The fourth-order valence-electron chi connectivity index (χ4n) is 2.89. The average molecular weight is 364 g/mol. The molecule has 1 aromatic heterocycles. The van der Waals surface area contributed by atoms with Crippen molar-refractivity contribution in [3.8, 4) is 0 Å². The van der Waals surface area contributed by atoms with E-state index < -0.39 is 21.8 Å². The van der Waals surface area contributed by atoms with Gasteiger partial charge in [0.2, 0.25) is 0 Å². The second-order valence-corrected chi connectivity index (χ2v) is 10.1. The fourth-order valence-corrected chi connectivity index (χ4v) is 4.84. The minimum Gasteiger partial charge on any atom is -0.443 e. The first-order valence-electron chi connectivity index (χ1n) is 8.30. The van der Waals surface area contributed by atoms with Gasteiger partial charge in [-0.3, -0.25) is 8.93 Å². The minimum atomic E-state index is -2.77. The molecule has 0 unspecified atom stereocenters. The minimum absolute atomic E-state index is 0.418. The quantitative estimate of drug-likeness (QED) is 0.792. The molecule has 7 nitrogen and oxygen atoms in total. The lowest BCUT2D eigenvalue weighted by molar-refractivity contribution is 0.0571. The monoisotopic (exact) mass is 364 g/mol. The van der Waals surface area contributed by atoms with E-state index in [1.807, 2.05) is 24.3 Å². The molecule has 25 heavy (non-hydrogen) atoms. The molecule has 0 saturated carbocycles. The van der Waals surface area contributed by atoms with Crippen molar-refractivity contribution in [2.75, 3.05) is 29.5 Å². The molecule has 1 amide bonds. The number of carbonyl (C=O) groups is 1. The van der Waals surface area contributed by atoms with E-state index in [-0.39, 0.29) is 0 Å². The molecule has 2 aromatic rings. The van der Waals surface area contributed by atoms with Gasteiger partial charge in [0, 0.05) is 35.7 Å². The second kappa shape index (κ2) is 6.59. The molecule has 1 saturated heterocycles. The first-order chi connectivity index (χ1) is 11.8. The molecule has 8 heteroatoms. The first-order valence-corrected chi connectivity index (χ1v) is 10.4. The molecule has 2 heterocycles. The Bertz CT molecular complexity index is 817. The summed E-state index contributed by atoms with van der Waals surface area (Å²) < 4.78 is 20.7. The third-order valence-electron chi connectivity index (χ3n) is 4.03. The zero-order valence-corrected chi connectivity index (χ0v) is 15.6. The molecule has 0 spiro atoms. The molecule has 1 aliphatic heterocycles. The maximum Gasteiger partial charge on any atom is 0.418 e. The number of carbonyl (C=O) groups excluding carboxylic acids is 1. The van der Waals surface area contributed by atoms with Gasteiger partial charge in [0.1, 0.15) is 5.60 Å². The van der Waals surface area contributed by atoms with Crippen molar-refractivity contribution in [2.24, 2.45) is 0 Å². The van der Waals surface area contributed by atoms with Crippen molar-refractivity contribution < 1.29 is 13.7 Å². The Morgan fingerprint density at radius 2 is 1.96 bits per heavy atom. The van der Waals surface area contributed by atoms with Crippen molar-refractivity contribution in [3.05, 3.63) is 30.5 Å². The van der Waals surface area contributed by atoms with Crippen LogP contribution in [0.5, 0.6) is 0 Å². The van der Waals surface area contributed by atoms with E-state index >= 15 is 0 Å². The van der Waals surface area contributed by atoms with Crippen LogP contribution in [0.15, 0.2) is 30.5 Å². The lowest BCUT2D eigenvalue weighted by Crippen LogP contribution is -2.52. The number of nitrogens with one attached hydrogen (secondary N) is 1. The highest BCUT2D eigenvalue weighted by Crippen LogP contribution is 2.27. The van der Waals surface area contributed by atoms with Crippen molar-refractivity contribution in [3.63, 3.8) is 0 Å². The van der Waals surface area contributed by atoms with Gasteiger partial charge in [-0.05, 0) is 49.1 Å². The van der Waals surface area contributed by atoms with E-state index in [9.17, 15) is 9.00 Å². The summed E-state index contributed by atoms with van der Waals surface area (Å²) >= 11 is 0. The number of rotatable bonds is 2. The normalized spacial score (nSPS) is 18.6. The summed E-state index contributed by atoms with van der Waals surface area (Å²) in [6, 6.07) is 7.83. The standard InChI is InChI=1S/C17H24N4O3S/c1-17(2,3)24-16(22)20-25(23)11-9-21(10-12-25)15-6-4-5-14-13(15)7-8-18-19-14/h4-8,25H,9-12H2,1-3H3,(H,20,22,23). The topological polar surface area (TPSA) is 84.4 Å². The molecule has 136 valence electrons. The number of aromatic nitrogens is 2. The summed E-state index contributed by atoms with van der Waals surface area (Å²) in [4.78, 5) is 14.1. The van der Waals surface area contributed by atoms with E-state index in [1.165, 1.54) is 0 Å². The van der Waals surface area contributed by atoms with Crippen LogP contribution in [0.4, 0.5) is 10.5 Å². The summed E-state index contributed by atoms with van der Waals surface area (Å²) in [5, 5.41) is 9.07. The van der Waals surface area contributed by atoms with Gasteiger partial charge >= 0.3 is 6.09 Å². The highest BCUT2D eigenvalue weighted by molar-refractivity contribution is 8.01. The van der Waals surface area contributed by atoms with Gasteiger partial charge in [-0.2, -0.15) is 10.2 Å². The van der Waals surface area contributed by atoms with Crippen LogP contribution in [-0.4, -0.2) is 50.7 Å². The predicted molar refractivity (Wildman–Crippen MR) is 100 cm³/mol. The lowest BCUT2D eigenvalue weighted by Gasteiger charge is -2.37. The van der Waals surface area contributed by atoms with Crippen LogP contribution in [0.3, 0.4) is 0 Å². The number of thiol groups is 1. The number of amides is 1. The summed E-state index contributed by atoms with van der Waals surface area (Å²) in [5.74, 6) is 0.836. The lowest BCUT2D eigenvalue weighted by atomic mass is 10.2. The summed E-state index contributed by atoms with van der Waals surface area (Å²) in [6.07, 6.45) is 1.06. The van der Waals surface area contributed by atoms with Gasteiger partial charge in [-0.25, -0.2) is 4.79 Å². The smallest absolute Gasteiger partial charge is 0.418 e. The average Bonchev–Trinajstić information content (AvgIpc) is 2.53. The van der Waals surface area contributed by atoms with Gasteiger partial charge in [-0.1, -0.05) is 6.07 Å². The van der Waals surface area contributed by atoms with E-state index in [1.54, 1.807) is 27.0 Å². The van der Waals surface area contributed by atoms with Crippen molar-refractivity contribution >= 4 is 32.8 Å². The van der Waals surface area contributed by atoms with E-state index in [2.05, 4.69) is 19.8 Å². The van der Waals surface area contributed by atoms with Crippen LogP contribution in [0, 0.1) is 0 Å².